The first-order chi connectivity index (χ1) is 13.5. The molecule has 0 amide bonds. The Hall–Kier alpha value is -1.42. The summed E-state index contributed by atoms with van der Waals surface area (Å²) in [5.74, 6) is 2.15. The molecular weight excluding hydrogens is 352 g/mol. The number of hydrogen-bond acceptors (Lipinski definition) is 4. The third kappa shape index (κ3) is 5.34. The van der Waals surface area contributed by atoms with Crippen LogP contribution < -0.4 is 0 Å². The Morgan fingerprint density at radius 2 is 1.93 bits per heavy atom. The Kier molecular flexibility index (Phi) is 7.50. The number of fused-ring (bicyclic) bond motifs is 1. The van der Waals surface area contributed by atoms with Gasteiger partial charge in [-0.05, 0) is 68.8 Å². The highest BCUT2D eigenvalue weighted by Gasteiger charge is 2.45. The molecule has 0 aliphatic heterocycles. The van der Waals surface area contributed by atoms with E-state index in [1.807, 2.05) is 6.08 Å². The summed E-state index contributed by atoms with van der Waals surface area (Å²) in [5.41, 5.74) is 1.46. The Labute approximate surface area is 169 Å². The van der Waals surface area contributed by atoms with E-state index in [0.717, 1.165) is 63.7 Å². The van der Waals surface area contributed by atoms with Crippen LogP contribution in [-0.4, -0.2) is 30.1 Å². The summed E-state index contributed by atoms with van der Waals surface area (Å²) < 4.78 is 4.68. The Morgan fingerprint density at radius 3 is 2.64 bits per heavy atom. The van der Waals surface area contributed by atoms with Crippen LogP contribution >= 0.6 is 0 Å². The molecule has 3 rings (SSSR count). The predicted molar refractivity (Wildman–Crippen MR) is 110 cm³/mol. The van der Waals surface area contributed by atoms with E-state index in [1.54, 1.807) is 6.08 Å². The summed E-state index contributed by atoms with van der Waals surface area (Å²) in [6.07, 6.45) is 15.2. The summed E-state index contributed by atoms with van der Waals surface area (Å²) in [4.78, 5) is 23.8. The quantitative estimate of drug-likeness (QED) is 0.299. The normalized spacial score (nSPS) is 36.8. The summed E-state index contributed by atoms with van der Waals surface area (Å²) in [7, 11) is 1.43. The molecule has 0 heterocycles. The number of esters is 1. The van der Waals surface area contributed by atoms with Crippen molar-refractivity contribution < 1.29 is 19.4 Å². The van der Waals surface area contributed by atoms with E-state index in [1.165, 1.54) is 12.7 Å². The fourth-order valence-electron chi connectivity index (χ4n) is 5.48. The molecular formula is C24H36O4. The molecule has 0 aromatic heterocycles. The molecule has 0 bridgehead atoms. The molecule has 3 aliphatic carbocycles. The molecule has 4 nitrogen and oxygen atoms in total. The number of aliphatic hydroxyl groups excluding tert-OH is 1. The van der Waals surface area contributed by atoms with Gasteiger partial charge in [-0.2, -0.15) is 0 Å². The molecule has 0 radical (unpaired) electrons. The van der Waals surface area contributed by atoms with Crippen LogP contribution in [0.3, 0.4) is 0 Å². The molecule has 0 unspecified atom stereocenters. The number of unbranched alkanes of at least 4 members (excludes halogenated alkanes) is 1. The van der Waals surface area contributed by atoms with Crippen molar-refractivity contribution in [3.05, 3.63) is 23.8 Å². The van der Waals surface area contributed by atoms with Crippen LogP contribution in [-0.2, 0) is 14.3 Å². The van der Waals surface area contributed by atoms with Crippen LogP contribution in [0.25, 0.3) is 0 Å². The van der Waals surface area contributed by atoms with Gasteiger partial charge in [0, 0.05) is 18.3 Å². The highest BCUT2D eigenvalue weighted by atomic mass is 16.5. The minimum Gasteiger partial charge on any atom is -0.469 e. The van der Waals surface area contributed by atoms with E-state index in [9.17, 15) is 14.7 Å². The average Bonchev–Trinajstić information content (AvgIpc) is 3.20. The van der Waals surface area contributed by atoms with Crippen molar-refractivity contribution in [2.24, 2.45) is 29.6 Å². The van der Waals surface area contributed by atoms with Gasteiger partial charge in [-0.25, -0.2) is 0 Å². The Balaban J connectivity index is 1.50. The van der Waals surface area contributed by atoms with Gasteiger partial charge in [-0.1, -0.05) is 37.5 Å². The lowest BCUT2D eigenvalue weighted by Crippen LogP contribution is -2.21. The second-order valence-electron chi connectivity index (χ2n) is 9.26. The van der Waals surface area contributed by atoms with Crippen LogP contribution in [0, 0.1) is 29.6 Å². The molecule has 3 saturated carbocycles. The van der Waals surface area contributed by atoms with E-state index in [-0.39, 0.29) is 29.7 Å². The minimum atomic E-state index is -0.314. The number of carbonyl (C=O) groups is 2. The van der Waals surface area contributed by atoms with Gasteiger partial charge in [0.25, 0.3) is 0 Å². The average molecular weight is 389 g/mol. The lowest BCUT2D eigenvalue weighted by Gasteiger charge is -2.24. The highest BCUT2D eigenvalue weighted by Crippen LogP contribution is 2.50. The van der Waals surface area contributed by atoms with Crippen molar-refractivity contribution in [2.45, 2.75) is 77.2 Å². The van der Waals surface area contributed by atoms with Crippen molar-refractivity contribution in [1.82, 2.24) is 0 Å². The van der Waals surface area contributed by atoms with Crippen LogP contribution in [0.5, 0.6) is 0 Å². The lowest BCUT2D eigenvalue weighted by molar-refractivity contribution is -0.140. The topological polar surface area (TPSA) is 63.6 Å². The SMILES string of the molecule is COC(=O)CCCC=C1C[C@@H]2C[C@@H](O)[C@H](C=CC(=O)C3CCC(C)CC3)[C@H]2C1. The van der Waals surface area contributed by atoms with Gasteiger partial charge in [0.15, 0.2) is 5.78 Å². The van der Waals surface area contributed by atoms with Crippen LogP contribution in [0.1, 0.15) is 71.1 Å². The van der Waals surface area contributed by atoms with E-state index in [0.29, 0.717) is 18.3 Å². The van der Waals surface area contributed by atoms with Gasteiger partial charge in [-0.15, -0.1) is 0 Å². The smallest absolute Gasteiger partial charge is 0.305 e. The molecule has 3 aliphatic rings. The summed E-state index contributed by atoms with van der Waals surface area (Å²) >= 11 is 0. The van der Waals surface area contributed by atoms with E-state index < -0.39 is 0 Å². The molecule has 3 fully saturated rings. The van der Waals surface area contributed by atoms with Gasteiger partial charge < -0.3 is 9.84 Å². The maximum atomic E-state index is 12.6. The van der Waals surface area contributed by atoms with E-state index in [4.69, 9.17) is 0 Å². The molecule has 156 valence electrons. The molecule has 1 N–H and O–H groups in total. The molecule has 0 spiro atoms. The van der Waals surface area contributed by atoms with Crippen LogP contribution in [0.2, 0.25) is 0 Å². The number of hydrogen-bond donors (Lipinski definition) is 1. The van der Waals surface area contributed by atoms with Gasteiger partial charge in [-0.3, -0.25) is 9.59 Å². The first-order valence-electron chi connectivity index (χ1n) is 11.1. The van der Waals surface area contributed by atoms with Crippen molar-refractivity contribution in [3.63, 3.8) is 0 Å². The molecule has 0 aromatic rings. The van der Waals surface area contributed by atoms with E-state index >= 15 is 0 Å². The van der Waals surface area contributed by atoms with Crippen molar-refractivity contribution >= 4 is 11.8 Å². The van der Waals surface area contributed by atoms with Gasteiger partial charge >= 0.3 is 5.97 Å². The third-order valence-electron chi connectivity index (χ3n) is 7.26. The zero-order valence-electron chi connectivity index (χ0n) is 17.4. The van der Waals surface area contributed by atoms with Crippen LogP contribution in [0.15, 0.2) is 23.8 Å². The molecule has 4 heteroatoms. The van der Waals surface area contributed by atoms with Crippen molar-refractivity contribution in [3.8, 4) is 0 Å². The monoisotopic (exact) mass is 388 g/mol. The number of methoxy groups -OCH3 is 1. The second kappa shape index (κ2) is 9.87. The van der Waals surface area contributed by atoms with Gasteiger partial charge in [0.1, 0.15) is 0 Å². The largest absolute Gasteiger partial charge is 0.469 e. The highest BCUT2D eigenvalue weighted by molar-refractivity contribution is 5.91. The van der Waals surface area contributed by atoms with Gasteiger partial charge in [0.2, 0.25) is 0 Å². The number of aliphatic hydroxyl groups is 1. The number of rotatable bonds is 7. The lowest BCUT2D eigenvalue weighted by atomic mass is 9.80. The second-order valence-corrected chi connectivity index (χ2v) is 9.26. The molecule has 0 saturated heterocycles. The molecule has 4 atom stereocenters. The first-order valence-corrected chi connectivity index (χ1v) is 11.1. The summed E-state index contributed by atoms with van der Waals surface area (Å²) in [6, 6.07) is 0. The number of ketones is 1. The Bertz CT molecular complexity index is 612. The number of allylic oxidation sites excluding steroid dienone is 3. The summed E-state index contributed by atoms with van der Waals surface area (Å²) in [5, 5.41) is 10.5. The van der Waals surface area contributed by atoms with Gasteiger partial charge in [0.05, 0.1) is 13.2 Å². The molecule has 28 heavy (non-hydrogen) atoms. The number of ether oxygens (including phenoxy) is 1. The van der Waals surface area contributed by atoms with Crippen LogP contribution in [0.4, 0.5) is 0 Å². The maximum absolute atomic E-state index is 12.6. The summed E-state index contributed by atoms with van der Waals surface area (Å²) in [6.45, 7) is 2.27. The zero-order valence-corrected chi connectivity index (χ0v) is 17.4. The van der Waals surface area contributed by atoms with E-state index in [2.05, 4.69) is 17.7 Å². The maximum Gasteiger partial charge on any atom is 0.305 e. The minimum absolute atomic E-state index is 0.109. The predicted octanol–water partition coefficient (Wildman–Crippen LogP) is 4.61. The standard InChI is InChI=1S/C24H36O4/c1-16-7-9-18(10-8-16)22(25)12-11-20-21-14-17(13-19(21)15-23(20)26)5-3-4-6-24(27)28-2/h5,11-12,16,18-21,23,26H,3-4,6-10,13-15H2,1-2H3/t16?,18?,19-,20-,21+,23-/m1/s1. The fraction of sp³-hybridized carbons (Fsp3) is 0.750. The molecule has 0 aromatic carbocycles. The first kappa shape index (κ1) is 21.3. The number of carbonyl (C=O) groups excluding carboxylic acids is 2. The zero-order chi connectivity index (χ0) is 20.1. The van der Waals surface area contributed by atoms with Crippen molar-refractivity contribution in [1.29, 1.82) is 0 Å². The fourth-order valence-corrected chi connectivity index (χ4v) is 5.48. The third-order valence-corrected chi connectivity index (χ3v) is 7.26. The van der Waals surface area contributed by atoms with Crippen molar-refractivity contribution in [2.75, 3.05) is 7.11 Å². The Morgan fingerprint density at radius 1 is 1.18 bits per heavy atom.